The third-order valence-electron chi connectivity index (χ3n) is 4.00. The van der Waals surface area contributed by atoms with E-state index in [4.69, 9.17) is 0 Å². The Labute approximate surface area is 142 Å². The number of nitrogens with one attached hydrogen (secondary N) is 2. The zero-order valence-electron chi connectivity index (χ0n) is 14.1. The molecule has 0 unspecified atom stereocenters. The predicted molar refractivity (Wildman–Crippen MR) is 91.4 cm³/mol. The van der Waals surface area contributed by atoms with Crippen molar-refractivity contribution < 1.29 is 14.4 Å². The lowest BCUT2D eigenvalue weighted by Crippen LogP contribution is -2.38. The fourth-order valence-corrected chi connectivity index (χ4v) is 2.74. The Bertz CT molecular complexity index is 574. The van der Waals surface area contributed by atoms with Crippen LogP contribution in [0.2, 0.25) is 0 Å². The second-order valence-electron chi connectivity index (χ2n) is 6.13. The third kappa shape index (κ3) is 5.68. The number of hydrogen-bond donors (Lipinski definition) is 2. The minimum Gasteiger partial charge on any atom is -0.356 e. The van der Waals surface area contributed by atoms with Gasteiger partial charge < -0.3 is 15.5 Å². The molecule has 6 nitrogen and oxygen atoms in total. The number of nitrogens with zero attached hydrogens (tertiary/aromatic N) is 1. The molecule has 24 heavy (non-hydrogen) atoms. The minimum absolute atomic E-state index is 0.0939. The van der Waals surface area contributed by atoms with E-state index in [0.29, 0.717) is 25.1 Å². The molecule has 6 heteroatoms. The molecule has 0 radical (unpaired) electrons. The van der Waals surface area contributed by atoms with E-state index in [1.807, 2.05) is 17.9 Å². The Hall–Kier alpha value is -2.37. The standard InChI is InChI=1S/C18H25N3O3/c1-14(20-18(24)15-7-3-2-4-8-15)13-16(22)19-10-6-12-21-11-5-9-17(21)23/h2-4,7-8,14H,5-6,9-13H2,1H3,(H,19,22)(H,20,24)/t14-/m1/s1. The summed E-state index contributed by atoms with van der Waals surface area (Å²) in [7, 11) is 0. The Kier molecular flexibility index (Phi) is 6.78. The van der Waals surface area contributed by atoms with Crippen molar-refractivity contribution in [3.63, 3.8) is 0 Å². The smallest absolute Gasteiger partial charge is 0.251 e. The first-order chi connectivity index (χ1) is 11.6. The highest BCUT2D eigenvalue weighted by molar-refractivity contribution is 5.94. The van der Waals surface area contributed by atoms with Crippen molar-refractivity contribution in [2.45, 2.75) is 38.6 Å². The van der Waals surface area contributed by atoms with Crippen LogP contribution in [-0.2, 0) is 9.59 Å². The van der Waals surface area contributed by atoms with Crippen LogP contribution in [0.15, 0.2) is 30.3 Å². The number of benzene rings is 1. The zero-order chi connectivity index (χ0) is 17.4. The monoisotopic (exact) mass is 331 g/mol. The van der Waals surface area contributed by atoms with Crippen molar-refractivity contribution >= 4 is 17.7 Å². The van der Waals surface area contributed by atoms with Crippen LogP contribution in [0.5, 0.6) is 0 Å². The molecule has 0 spiro atoms. The molecule has 0 aliphatic carbocycles. The summed E-state index contributed by atoms with van der Waals surface area (Å²) in [6.07, 6.45) is 2.57. The molecule has 2 rings (SSSR count). The quantitative estimate of drug-likeness (QED) is 0.705. The van der Waals surface area contributed by atoms with Gasteiger partial charge in [-0.2, -0.15) is 0 Å². The molecule has 1 aromatic carbocycles. The predicted octanol–water partition coefficient (Wildman–Crippen LogP) is 1.32. The maximum absolute atomic E-state index is 12.0. The largest absolute Gasteiger partial charge is 0.356 e. The van der Waals surface area contributed by atoms with Crippen LogP contribution in [0.25, 0.3) is 0 Å². The second-order valence-corrected chi connectivity index (χ2v) is 6.13. The van der Waals surface area contributed by atoms with E-state index >= 15 is 0 Å². The van der Waals surface area contributed by atoms with E-state index in [2.05, 4.69) is 10.6 Å². The molecule has 1 saturated heterocycles. The summed E-state index contributed by atoms with van der Waals surface area (Å²) in [5.74, 6) is -0.0642. The SMILES string of the molecule is C[C@H](CC(=O)NCCCN1CCCC1=O)NC(=O)c1ccccc1. The maximum Gasteiger partial charge on any atom is 0.251 e. The summed E-state index contributed by atoms with van der Waals surface area (Å²) in [6, 6.07) is 8.69. The summed E-state index contributed by atoms with van der Waals surface area (Å²) < 4.78 is 0. The van der Waals surface area contributed by atoms with Gasteiger partial charge in [0.2, 0.25) is 11.8 Å². The van der Waals surface area contributed by atoms with Crippen LogP contribution in [-0.4, -0.2) is 48.3 Å². The summed E-state index contributed by atoms with van der Waals surface area (Å²) in [5, 5.41) is 5.65. The second kappa shape index (κ2) is 9.05. The van der Waals surface area contributed by atoms with E-state index in [1.54, 1.807) is 24.3 Å². The van der Waals surface area contributed by atoms with Crippen molar-refractivity contribution in [2.75, 3.05) is 19.6 Å². The normalized spacial score (nSPS) is 15.2. The van der Waals surface area contributed by atoms with Crippen LogP contribution >= 0.6 is 0 Å². The van der Waals surface area contributed by atoms with Crippen LogP contribution in [0.3, 0.4) is 0 Å². The summed E-state index contributed by atoms with van der Waals surface area (Å²) in [5.41, 5.74) is 0.583. The van der Waals surface area contributed by atoms with Gasteiger partial charge in [0.05, 0.1) is 0 Å². The highest BCUT2D eigenvalue weighted by Gasteiger charge is 2.19. The zero-order valence-corrected chi connectivity index (χ0v) is 14.1. The molecule has 1 aliphatic heterocycles. The first-order valence-corrected chi connectivity index (χ1v) is 8.46. The van der Waals surface area contributed by atoms with Gasteiger partial charge in [-0.25, -0.2) is 0 Å². The Morgan fingerprint density at radius 1 is 1.25 bits per heavy atom. The number of likely N-dealkylation sites (tertiary alicyclic amines) is 1. The van der Waals surface area contributed by atoms with Gasteiger partial charge in [0.25, 0.3) is 5.91 Å². The molecule has 0 saturated carbocycles. The lowest BCUT2D eigenvalue weighted by molar-refractivity contribution is -0.127. The number of hydrogen-bond acceptors (Lipinski definition) is 3. The lowest BCUT2D eigenvalue weighted by Gasteiger charge is -2.16. The molecule has 1 atom stereocenters. The number of amides is 3. The molecule has 1 fully saturated rings. The van der Waals surface area contributed by atoms with Gasteiger partial charge in [0.15, 0.2) is 0 Å². The Morgan fingerprint density at radius 3 is 2.67 bits per heavy atom. The summed E-state index contributed by atoms with van der Waals surface area (Å²) in [4.78, 5) is 37.2. The molecule has 130 valence electrons. The van der Waals surface area contributed by atoms with Gasteiger partial charge in [-0.3, -0.25) is 14.4 Å². The molecule has 1 heterocycles. The van der Waals surface area contributed by atoms with Gasteiger partial charge in [0, 0.05) is 44.1 Å². The molecule has 0 aromatic heterocycles. The molecule has 1 aliphatic rings. The average Bonchev–Trinajstić information content (AvgIpc) is 2.97. The third-order valence-corrected chi connectivity index (χ3v) is 4.00. The number of rotatable bonds is 8. The fourth-order valence-electron chi connectivity index (χ4n) is 2.74. The lowest BCUT2D eigenvalue weighted by atomic mass is 10.1. The van der Waals surface area contributed by atoms with Crippen molar-refractivity contribution in [3.8, 4) is 0 Å². The van der Waals surface area contributed by atoms with E-state index in [-0.39, 0.29) is 30.2 Å². The molecular weight excluding hydrogens is 306 g/mol. The average molecular weight is 331 g/mol. The number of carbonyl (C=O) groups excluding carboxylic acids is 3. The van der Waals surface area contributed by atoms with E-state index in [1.165, 1.54) is 0 Å². The van der Waals surface area contributed by atoms with Crippen LogP contribution in [0.1, 0.15) is 43.0 Å². The maximum atomic E-state index is 12.0. The Balaban J connectivity index is 1.61. The summed E-state index contributed by atoms with van der Waals surface area (Å²) in [6.45, 7) is 3.88. The molecule has 3 amide bonds. The first kappa shape index (κ1) is 18.0. The van der Waals surface area contributed by atoms with Crippen molar-refractivity contribution in [1.29, 1.82) is 0 Å². The van der Waals surface area contributed by atoms with Gasteiger partial charge in [-0.15, -0.1) is 0 Å². The van der Waals surface area contributed by atoms with Crippen LogP contribution in [0, 0.1) is 0 Å². The number of carbonyl (C=O) groups is 3. The van der Waals surface area contributed by atoms with Gasteiger partial charge in [0.1, 0.15) is 0 Å². The Morgan fingerprint density at radius 2 is 2.00 bits per heavy atom. The van der Waals surface area contributed by atoms with E-state index < -0.39 is 0 Å². The van der Waals surface area contributed by atoms with Crippen molar-refractivity contribution in [3.05, 3.63) is 35.9 Å². The highest BCUT2D eigenvalue weighted by atomic mass is 16.2. The van der Waals surface area contributed by atoms with Crippen molar-refractivity contribution in [2.24, 2.45) is 0 Å². The van der Waals surface area contributed by atoms with Crippen molar-refractivity contribution in [1.82, 2.24) is 15.5 Å². The summed E-state index contributed by atoms with van der Waals surface area (Å²) >= 11 is 0. The van der Waals surface area contributed by atoms with Gasteiger partial charge in [-0.05, 0) is 31.9 Å². The molecule has 1 aromatic rings. The molecular formula is C18H25N3O3. The molecule has 2 N–H and O–H groups in total. The van der Waals surface area contributed by atoms with Gasteiger partial charge in [-0.1, -0.05) is 18.2 Å². The minimum atomic E-state index is -0.238. The highest BCUT2D eigenvalue weighted by Crippen LogP contribution is 2.09. The van der Waals surface area contributed by atoms with E-state index in [9.17, 15) is 14.4 Å². The van der Waals surface area contributed by atoms with E-state index in [0.717, 1.165) is 19.4 Å². The first-order valence-electron chi connectivity index (χ1n) is 8.46. The van der Waals surface area contributed by atoms with Crippen LogP contribution in [0.4, 0.5) is 0 Å². The van der Waals surface area contributed by atoms with Gasteiger partial charge >= 0.3 is 0 Å². The topological polar surface area (TPSA) is 78.5 Å². The van der Waals surface area contributed by atoms with Crippen LogP contribution < -0.4 is 10.6 Å². The fraction of sp³-hybridized carbons (Fsp3) is 0.500. The molecule has 0 bridgehead atoms.